The number of hydrogen-bond acceptors (Lipinski definition) is 7. The van der Waals surface area contributed by atoms with Gasteiger partial charge >= 0.3 is 0 Å². The van der Waals surface area contributed by atoms with Gasteiger partial charge in [0, 0.05) is 35.2 Å². The molecule has 2 heterocycles. The zero-order chi connectivity index (χ0) is 20.6. The highest BCUT2D eigenvalue weighted by Gasteiger charge is 2.33. The lowest BCUT2D eigenvalue weighted by molar-refractivity contribution is -0.385. The average Bonchev–Trinajstić information content (AvgIpc) is 3.28. The highest BCUT2D eigenvalue weighted by molar-refractivity contribution is 7.13. The molecule has 4 rings (SSSR count). The van der Waals surface area contributed by atoms with Gasteiger partial charge in [-0.2, -0.15) is 0 Å². The summed E-state index contributed by atoms with van der Waals surface area (Å²) in [5.41, 5.74) is 2.96. The number of rotatable bonds is 5. The minimum absolute atomic E-state index is 0.0130. The number of methoxy groups -OCH3 is 1. The summed E-state index contributed by atoms with van der Waals surface area (Å²) in [6.07, 6.45) is 2.26. The molecule has 1 aliphatic rings. The van der Waals surface area contributed by atoms with Crippen molar-refractivity contribution in [2.45, 2.75) is 25.9 Å². The van der Waals surface area contributed by atoms with Crippen LogP contribution in [-0.4, -0.2) is 28.8 Å². The molecule has 1 aliphatic heterocycles. The third kappa shape index (κ3) is 3.84. The molecule has 0 N–H and O–H groups in total. The molecule has 0 aliphatic carbocycles. The molecule has 0 radical (unpaired) electrons. The number of nitrogens with zero attached hydrogens (tertiary/aromatic N) is 3. The highest BCUT2D eigenvalue weighted by Crippen LogP contribution is 2.44. The zero-order valence-electron chi connectivity index (χ0n) is 16.2. The van der Waals surface area contributed by atoms with Crippen LogP contribution in [0, 0.1) is 10.1 Å². The molecule has 0 spiro atoms. The summed E-state index contributed by atoms with van der Waals surface area (Å²) >= 11 is 1.37. The van der Waals surface area contributed by atoms with Crippen molar-refractivity contribution in [2.24, 2.45) is 4.99 Å². The van der Waals surface area contributed by atoms with Crippen LogP contribution < -0.4 is 9.47 Å². The Morgan fingerprint density at radius 1 is 1.34 bits per heavy atom. The number of thiazole rings is 1. The number of benzene rings is 2. The van der Waals surface area contributed by atoms with Crippen LogP contribution in [0.2, 0.25) is 0 Å². The highest BCUT2D eigenvalue weighted by atomic mass is 32.1. The fraction of sp³-hybridized carbons (Fsp3) is 0.238. The van der Waals surface area contributed by atoms with Crippen LogP contribution in [-0.2, 0) is 6.42 Å². The van der Waals surface area contributed by atoms with Gasteiger partial charge in [-0.05, 0) is 32.0 Å². The Kier molecular flexibility index (Phi) is 4.79. The first kappa shape index (κ1) is 19.1. The SMILES string of the molecule is COc1cc(-c2csc(/N=C/c3ccccc3[N+](=O)[O-])n2)cc2c1OC(C)(C)C2. The van der Waals surface area contributed by atoms with E-state index in [1.165, 1.54) is 23.6 Å². The minimum atomic E-state index is -0.422. The largest absolute Gasteiger partial charge is 0.493 e. The van der Waals surface area contributed by atoms with Crippen LogP contribution in [0.5, 0.6) is 11.5 Å². The van der Waals surface area contributed by atoms with E-state index in [1.807, 2.05) is 25.3 Å². The maximum absolute atomic E-state index is 11.1. The Labute approximate surface area is 171 Å². The fourth-order valence-electron chi connectivity index (χ4n) is 3.32. The third-order valence-electron chi connectivity index (χ3n) is 4.58. The van der Waals surface area contributed by atoms with Crippen LogP contribution in [0.4, 0.5) is 10.8 Å². The maximum atomic E-state index is 11.1. The number of ether oxygens (including phenoxy) is 2. The van der Waals surface area contributed by atoms with Crippen LogP contribution in [0.15, 0.2) is 46.8 Å². The first-order valence-corrected chi connectivity index (χ1v) is 9.87. The minimum Gasteiger partial charge on any atom is -0.493 e. The van der Waals surface area contributed by atoms with E-state index >= 15 is 0 Å². The zero-order valence-corrected chi connectivity index (χ0v) is 17.0. The molecular formula is C21H19N3O4S. The predicted octanol–water partition coefficient (Wildman–Crippen LogP) is 5.19. The molecule has 7 nitrogen and oxygen atoms in total. The van der Waals surface area contributed by atoms with Crippen molar-refractivity contribution in [1.82, 2.24) is 4.98 Å². The Balaban J connectivity index is 1.63. The van der Waals surface area contributed by atoms with E-state index in [9.17, 15) is 10.1 Å². The number of nitro groups is 1. The average molecular weight is 409 g/mol. The van der Waals surface area contributed by atoms with Crippen LogP contribution >= 0.6 is 11.3 Å². The summed E-state index contributed by atoms with van der Waals surface area (Å²) in [7, 11) is 1.62. The standard InChI is InChI=1S/C21H19N3O4S/c1-21(2)10-15-8-14(9-18(27-3)19(15)28-21)16-12-29-20(23-16)22-11-13-6-4-5-7-17(13)24(25)26/h4-9,11-12H,10H2,1-3H3/b22-11+. The van der Waals surface area contributed by atoms with Crippen molar-refractivity contribution < 1.29 is 14.4 Å². The van der Waals surface area contributed by atoms with E-state index in [-0.39, 0.29) is 11.3 Å². The predicted molar refractivity (Wildman–Crippen MR) is 113 cm³/mol. The number of aliphatic imine (C=N–C) groups is 1. The van der Waals surface area contributed by atoms with Gasteiger partial charge in [-0.3, -0.25) is 10.1 Å². The number of aromatic nitrogens is 1. The Bertz CT molecular complexity index is 1120. The first-order valence-electron chi connectivity index (χ1n) is 8.99. The molecule has 0 bridgehead atoms. The molecule has 29 heavy (non-hydrogen) atoms. The van der Waals surface area contributed by atoms with Crippen molar-refractivity contribution in [3.8, 4) is 22.8 Å². The van der Waals surface area contributed by atoms with Gasteiger partial charge in [0.1, 0.15) is 5.60 Å². The molecule has 148 valence electrons. The Hall–Kier alpha value is -3.26. The van der Waals surface area contributed by atoms with Crippen molar-refractivity contribution in [3.63, 3.8) is 0 Å². The van der Waals surface area contributed by atoms with E-state index in [0.717, 1.165) is 29.0 Å². The molecule has 0 fully saturated rings. The molecule has 3 aromatic rings. The van der Waals surface area contributed by atoms with E-state index in [1.54, 1.807) is 25.3 Å². The summed E-state index contributed by atoms with van der Waals surface area (Å²) in [5, 5.41) is 13.6. The molecule has 0 saturated heterocycles. The molecule has 0 saturated carbocycles. The molecule has 8 heteroatoms. The summed E-state index contributed by atoms with van der Waals surface area (Å²) < 4.78 is 11.5. The third-order valence-corrected chi connectivity index (χ3v) is 5.33. The van der Waals surface area contributed by atoms with Crippen LogP contribution in [0.1, 0.15) is 25.0 Å². The fourth-order valence-corrected chi connectivity index (χ4v) is 3.99. The summed E-state index contributed by atoms with van der Waals surface area (Å²) in [4.78, 5) is 19.6. The lowest BCUT2D eigenvalue weighted by atomic mass is 9.99. The van der Waals surface area contributed by atoms with Gasteiger partial charge in [-0.1, -0.05) is 12.1 Å². The van der Waals surface area contributed by atoms with Gasteiger partial charge in [-0.25, -0.2) is 9.98 Å². The van der Waals surface area contributed by atoms with Crippen molar-refractivity contribution in [3.05, 3.63) is 63.0 Å². The lowest BCUT2D eigenvalue weighted by Crippen LogP contribution is -2.24. The number of hydrogen-bond donors (Lipinski definition) is 0. The molecule has 0 unspecified atom stereocenters. The Morgan fingerprint density at radius 3 is 2.90 bits per heavy atom. The van der Waals surface area contributed by atoms with Crippen molar-refractivity contribution in [1.29, 1.82) is 0 Å². The van der Waals surface area contributed by atoms with Gasteiger partial charge in [-0.15, -0.1) is 11.3 Å². The smallest absolute Gasteiger partial charge is 0.278 e. The Morgan fingerprint density at radius 2 is 2.14 bits per heavy atom. The second kappa shape index (κ2) is 7.29. The van der Waals surface area contributed by atoms with Crippen LogP contribution in [0.3, 0.4) is 0 Å². The monoisotopic (exact) mass is 409 g/mol. The van der Waals surface area contributed by atoms with Gasteiger partial charge < -0.3 is 9.47 Å². The summed E-state index contributed by atoms with van der Waals surface area (Å²) in [6.45, 7) is 4.09. The normalized spacial score (nSPS) is 14.6. The van der Waals surface area contributed by atoms with E-state index in [0.29, 0.717) is 16.4 Å². The number of nitro benzene ring substituents is 1. The lowest BCUT2D eigenvalue weighted by Gasteiger charge is -2.17. The quantitative estimate of drug-likeness (QED) is 0.329. The number of para-hydroxylation sites is 1. The van der Waals surface area contributed by atoms with Gasteiger partial charge in [0.25, 0.3) is 5.69 Å². The molecule has 0 amide bonds. The number of fused-ring (bicyclic) bond motifs is 1. The van der Waals surface area contributed by atoms with Gasteiger partial charge in [0.15, 0.2) is 11.5 Å². The molecule has 2 aromatic carbocycles. The summed E-state index contributed by atoms with van der Waals surface area (Å²) in [5.74, 6) is 1.46. The van der Waals surface area contributed by atoms with E-state index < -0.39 is 4.92 Å². The molecular weight excluding hydrogens is 390 g/mol. The van der Waals surface area contributed by atoms with Crippen LogP contribution in [0.25, 0.3) is 11.3 Å². The van der Waals surface area contributed by atoms with E-state index in [4.69, 9.17) is 9.47 Å². The van der Waals surface area contributed by atoms with Gasteiger partial charge in [0.2, 0.25) is 5.13 Å². The molecule has 1 aromatic heterocycles. The summed E-state index contributed by atoms with van der Waals surface area (Å²) in [6, 6.07) is 10.4. The van der Waals surface area contributed by atoms with Crippen molar-refractivity contribution >= 4 is 28.4 Å². The van der Waals surface area contributed by atoms with Gasteiger partial charge in [0.05, 0.1) is 23.3 Å². The van der Waals surface area contributed by atoms with E-state index in [2.05, 4.69) is 16.0 Å². The second-order valence-corrected chi connectivity index (χ2v) is 8.13. The van der Waals surface area contributed by atoms with Crippen molar-refractivity contribution in [2.75, 3.05) is 7.11 Å². The maximum Gasteiger partial charge on any atom is 0.278 e. The topological polar surface area (TPSA) is 86.9 Å². The second-order valence-electron chi connectivity index (χ2n) is 7.29. The first-order chi connectivity index (χ1) is 13.9. The molecule has 0 atom stereocenters.